The highest BCUT2D eigenvalue weighted by molar-refractivity contribution is 5.77. The Morgan fingerprint density at radius 2 is 2.00 bits per heavy atom. The van der Waals surface area contributed by atoms with Crippen molar-refractivity contribution in [1.29, 1.82) is 0 Å². The molecule has 1 aromatic carbocycles. The van der Waals surface area contributed by atoms with Crippen molar-refractivity contribution >= 4 is 5.91 Å². The fourth-order valence-electron chi connectivity index (χ4n) is 1.86. The number of carbonyl (C=O) groups excluding carboxylic acids is 1. The number of amides is 1. The summed E-state index contributed by atoms with van der Waals surface area (Å²) in [5.74, 6) is 5.17. The average Bonchev–Trinajstić information content (AvgIpc) is 2.34. The zero-order chi connectivity index (χ0) is 11.8. The lowest BCUT2D eigenvalue weighted by molar-refractivity contribution is -0.125. The van der Waals surface area contributed by atoms with Crippen LogP contribution in [0.25, 0.3) is 0 Å². The Morgan fingerprint density at radius 3 is 2.56 bits per heavy atom. The normalized spacial score (nSPS) is 12.1. The fraction of sp³-hybridized carbons (Fsp3) is 0.462. The van der Waals surface area contributed by atoms with E-state index in [9.17, 15) is 4.79 Å². The van der Waals surface area contributed by atoms with Crippen LogP contribution in [0.2, 0.25) is 0 Å². The smallest absolute Gasteiger partial charge is 0.236 e. The number of hydrogen-bond acceptors (Lipinski definition) is 2. The Hall–Kier alpha value is -1.35. The van der Waals surface area contributed by atoms with E-state index in [1.165, 1.54) is 5.56 Å². The van der Waals surface area contributed by atoms with Gasteiger partial charge in [-0.2, -0.15) is 0 Å². The molecule has 88 valence electrons. The molecule has 1 aromatic rings. The van der Waals surface area contributed by atoms with E-state index in [-0.39, 0.29) is 11.8 Å². The summed E-state index contributed by atoms with van der Waals surface area (Å²) >= 11 is 0. The van der Waals surface area contributed by atoms with E-state index < -0.39 is 0 Å². The molecule has 0 aromatic heterocycles. The second kappa shape index (κ2) is 7.01. The molecule has 3 nitrogen and oxygen atoms in total. The molecule has 1 unspecified atom stereocenters. The summed E-state index contributed by atoms with van der Waals surface area (Å²) in [6.07, 6.45) is 3.70. The molecule has 0 fully saturated rings. The van der Waals surface area contributed by atoms with Gasteiger partial charge in [0.1, 0.15) is 0 Å². The summed E-state index contributed by atoms with van der Waals surface area (Å²) < 4.78 is 0. The number of rotatable bonds is 6. The van der Waals surface area contributed by atoms with Crippen molar-refractivity contribution in [1.82, 2.24) is 5.43 Å². The quantitative estimate of drug-likeness (QED) is 0.438. The molecule has 0 bridgehead atoms. The van der Waals surface area contributed by atoms with Gasteiger partial charge in [0.25, 0.3) is 0 Å². The standard InChI is InChI=1S/C13H20N2O/c1-2-6-12(13(16)15-14)10-9-11-7-4-3-5-8-11/h3-5,7-8,12H,2,6,9-10,14H2,1H3,(H,15,16). The van der Waals surface area contributed by atoms with Gasteiger partial charge < -0.3 is 0 Å². The first-order chi connectivity index (χ1) is 7.77. The van der Waals surface area contributed by atoms with Gasteiger partial charge in [-0.15, -0.1) is 0 Å². The summed E-state index contributed by atoms with van der Waals surface area (Å²) in [6, 6.07) is 10.2. The van der Waals surface area contributed by atoms with E-state index >= 15 is 0 Å². The molecule has 0 aliphatic heterocycles. The molecule has 0 aliphatic carbocycles. The number of hydrazine groups is 1. The molecule has 3 heteroatoms. The lowest BCUT2D eigenvalue weighted by Gasteiger charge is -2.13. The van der Waals surface area contributed by atoms with Gasteiger partial charge >= 0.3 is 0 Å². The minimum absolute atomic E-state index is 0.0372. The largest absolute Gasteiger partial charge is 0.294 e. The number of nitrogens with one attached hydrogen (secondary N) is 1. The Kier molecular flexibility index (Phi) is 5.57. The third-order valence-electron chi connectivity index (χ3n) is 2.77. The molecule has 1 rings (SSSR count). The molecule has 0 aliphatic rings. The zero-order valence-corrected chi connectivity index (χ0v) is 9.78. The molecule has 1 atom stereocenters. The molecular weight excluding hydrogens is 200 g/mol. The van der Waals surface area contributed by atoms with Crippen molar-refractivity contribution in [3.8, 4) is 0 Å². The van der Waals surface area contributed by atoms with Crippen molar-refractivity contribution < 1.29 is 4.79 Å². The van der Waals surface area contributed by atoms with Gasteiger partial charge in [0.2, 0.25) is 5.91 Å². The van der Waals surface area contributed by atoms with Crippen LogP contribution in [0.1, 0.15) is 31.7 Å². The van der Waals surface area contributed by atoms with Crippen LogP contribution in [-0.2, 0) is 11.2 Å². The van der Waals surface area contributed by atoms with Crippen molar-refractivity contribution in [3.63, 3.8) is 0 Å². The second-order valence-electron chi connectivity index (χ2n) is 4.02. The van der Waals surface area contributed by atoms with E-state index in [1.807, 2.05) is 18.2 Å². The maximum absolute atomic E-state index is 11.5. The molecule has 0 radical (unpaired) electrons. The van der Waals surface area contributed by atoms with Gasteiger partial charge in [-0.1, -0.05) is 43.7 Å². The van der Waals surface area contributed by atoms with Gasteiger partial charge in [0.15, 0.2) is 0 Å². The molecule has 16 heavy (non-hydrogen) atoms. The third-order valence-corrected chi connectivity index (χ3v) is 2.77. The summed E-state index contributed by atoms with van der Waals surface area (Å²) in [5.41, 5.74) is 3.52. The van der Waals surface area contributed by atoms with Gasteiger partial charge in [-0.05, 0) is 24.8 Å². The van der Waals surface area contributed by atoms with Gasteiger partial charge in [-0.25, -0.2) is 5.84 Å². The van der Waals surface area contributed by atoms with E-state index in [4.69, 9.17) is 5.84 Å². The summed E-state index contributed by atoms with van der Waals surface area (Å²) in [4.78, 5) is 11.5. The third kappa shape index (κ3) is 4.03. The van der Waals surface area contributed by atoms with Gasteiger partial charge in [0.05, 0.1) is 0 Å². The number of carbonyl (C=O) groups is 1. The van der Waals surface area contributed by atoms with E-state index in [1.54, 1.807) is 0 Å². The van der Waals surface area contributed by atoms with Crippen LogP contribution in [0.4, 0.5) is 0 Å². The molecule has 3 N–H and O–H groups in total. The first-order valence-electron chi connectivity index (χ1n) is 5.82. The van der Waals surface area contributed by atoms with Crippen LogP contribution in [0.5, 0.6) is 0 Å². The van der Waals surface area contributed by atoms with Crippen molar-refractivity contribution in [2.45, 2.75) is 32.6 Å². The zero-order valence-electron chi connectivity index (χ0n) is 9.78. The average molecular weight is 220 g/mol. The minimum Gasteiger partial charge on any atom is -0.294 e. The van der Waals surface area contributed by atoms with Crippen LogP contribution in [0, 0.1) is 5.92 Å². The highest BCUT2D eigenvalue weighted by Gasteiger charge is 2.15. The maximum Gasteiger partial charge on any atom is 0.236 e. The van der Waals surface area contributed by atoms with E-state index in [2.05, 4.69) is 24.5 Å². The van der Waals surface area contributed by atoms with Crippen LogP contribution in [-0.4, -0.2) is 5.91 Å². The molecule has 0 saturated heterocycles. The van der Waals surface area contributed by atoms with Crippen molar-refractivity contribution in [2.24, 2.45) is 11.8 Å². The maximum atomic E-state index is 11.5. The van der Waals surface area contributed by atoms with Gasteiger partial charge in [0, 0.05) is 5.92 Å². The Bertz CT molecular complexity index is 311. The summed E-state index contributed by atoms with van der Waals surface area (Å²) in [6.45, 7) is 2.08. The van der Waals surface area contributed by atoms with Crippen molar-refractivity contribution in [2.75, 3.05) is 0 Å². The van der Waals surface area contributed by atoms with Crippen LogP contribution >= 0.6 is 0 Å². The first kappa shape index (κ1) is 12.7. The Morgan fingerprint density at radius 1 is 1.31 bits per heavy atom. The summed E-state index contributed by atoms with van der Waals surface area (Å²) in [7, 11) is 0. The number of hydrogen-bond donors (Lipinski definition) is 2. The second-order valence-corrected chi connectivity index (χ2v) is 4.02. The number of aryl methyl sites for hydroxylation is 1. The van der Waals surface area contributed by atoms with Crippen LogP contribution < -0.4 is 11.3 Å². The lowest BCUT2D eigenvalue weighted by atomic mass is 9.95. The highest BCUT2D eigenvalue weighted by atomic mass is 16.2. The first-order valence-corrected chi connectivity index (χ1v) is 5.82. The van der Waals surface area contributed by atoms with Crippen molar-refractivity contribution in [3.05, 3.63) is 35.9 Å². The van der Waals surface area contributed by atoms with Gasteiger partial charge in [-0.3, -0.25) is 10.2 Å². The lowest BCUT2D eigenvalue weighted by Crippen LogP contribution is -2.36. The summed E-state index contributed by atoms with van der Waals surface area (Å²) in [5, 5.41) is 0. The van der Waals surface area contributed by atoms with E-state index in [0.717, 1.165) is 25.7 Å². The number of nitrogens with two attached hydrogens (primary N) is 1. The minimum atomic E-state index is -0.0437. The Balaban J connectivity index is 2.47. The fourth-order valence-corrected chi connectivity index (χ4v) is 1.86. The molecular formula is C13H20N2O. The van der Waals surface area contributed by atoms with Crippen LogP contribution in [0.15, 0.2) is 30.3 Å². The SMILES string of the molecule is CCCC(CCc1ccccc1)C(=O)NN. The molecule has 1 amide bonds. The van der Waals surface area contributed by atoms with E-state index in [0.29, 0.717) is 0 Å². The molecule has 0 spiro atoms. The predicted molar refractivity (Wildman–Crippen MR) is 65.5 cm³/mol. The monoisotopic (exact) mass is 220 g/mol. The highest BCUT2D eigenvalue weighted by Crippen LogP contribution is 2.15. The topological polar surface area (TPSA) is 55.1 Å². The van der Waals surface area contributed by atoms with Crippen LogP contribution in [0.3, 0.4) is 0 Å². The molecule has 0 saturated carbocycles. The number of benzene rings is 1. The predicted octanol–water partition coefficient (Wildman–Crippen LogP) is 2.03. The Labute approximate surface area is 97.0 Å². The molecule has 0 heterocycles.